The van der Waals surface area contributed by atoms with Crippen LogP contribution in [0.25, 0.3) is 0 Å². The number of aromatic nitrogens is 1. The number of pyridine rings is 1. The summed E-state index contributed by atoms with van der Waals surface area (Å²) in [5, 5.41) is 8.82. The van der Waals surface area contributed by atoms with E-state index in [0.29, 0.717) is 15.9 Å². The second-order valence-electron chi connectivity index (χ2n) is 2.73. The lowest BCUT2D eigenvalue weighted by atomic mass is 10.1. The van der Waals surface area contributed by atoms with Crippen LogP contribution >= 0.6 is 31.9 Å². The molecule has 1 aromatic heterocycles. The number of hydrogen-bond acceptors (Lipinski definition) is 2. The monoisotopic (exact) mass is 338 g/mol. The Balaban J connectivity index is 3.33. The maximum Gasteiger partial charge on any atom is 0.264 e. The van der Waals surface area contributed by atoms with Crippen LogP contribution in [0.2, 0.25) is 0 Å². The van der Waals surface area contributed by atoms with Crippen molar-refractivity contribution < 1.29 is 8.78 Å². The molecule has 0 fully saturated rings. The van der Waals surface area contributed by atoms with E-state index >= 15 is 0 Å². The average molecular weight is 340 g/mol. The Morgan fingerprint density at radius 3 is 2.67 bits per heavy atom. The zero-order valence-corrected chi connectivity index (χ0v) is 10.6. The molecular weight excluding hydrogens is 334 g/mol. The molecule has 0 saturated heterocycles. The van der Waals surface area contributed by atoms with Gasteiger partial charge in [-0.2, -0.15) is 5.26 Å². The Labute approximate surface area is 103 Å². The van der Waals surface area contributed by atoms with E-state index < -0.39 is 6.43 Å². The van der Waals surface area contributed by atoms with Gasteiger partial charge in [0.25, 0.3) is 6.43 Å². The van der Waals surface area contributed by atoms with Crippen molar-refractivity contribution in [1.29, 1.82) is 5.26 Å². The molecule has 1 heterocycles. The van der Waals surface area contributed by atoms with Crippen molar-refractivity contribution >= 4 is 31.9 Å². The van der Waals surface area contributed by atoms with Crippen molar-refractivity contribution in [2.45, 2.75) is 18.2 Å². The van der Waals surface area contributed by atoms with Crippen LogP contribution in [0.3, 0.4) is 0 Å². The fourth-order valence-electron chi connectivity index (χ4n) is 1.18. The number of nitriles is 1. The Bertz CT molecular complexity index is 402. The minimum atomic E-state index is -2.56. The second-order valence-corrected chi connectivity index (χ2v) is 4.10. The second kappa shape index (κ2) is 5.52. The molecule has 6 heteroatoms. The summed E-state index contributed by atoms with van der Waals surface area (Å²) in [6.45, 7) is 0. The number of rotatable bonds is 3. The third kappa shape index (κ3) is 2.95. The Hall–Kier alpha value is -0.540. The first kappa shape index (κ1) is 12.5. The lowest BCUT2D eigenvalue weighted by Gasteiger charge is -2.10. The van der Waals surface area contributed by atoms with Gasteiger partial charge in [-0.15, -0.1) is 0 Å². The Morgan fingerprint density at radius 1 is 1.53 bits per heavy atom. The molecule has 80 valence electrons. The summed E-state index contributed by atoms with van der Waals surface area (Å²) >= 11 is 6.17. The Morgan fingerprint density at radius 2 is 2.20 bits per heavy atom. The molecule has 2 nitrogen and oxygen atoms in total. The van der Waals surface area contributed by atoms with Gasteiger partial charge < -0.3 is 0 Å². The van der Waals surface area contributed by atoms with Crippen molar-refractivity contribution in [2.75, 3.05) is 0 Å². The number of nitrogens with zero attached hydrogens (tertiary/aromatic N) is 2. The first-order valence-electron chi connectivity index (χ1n) is 3.99. The third-order valence-corrected chi connectivity index (χ3v) is 2.80. The molecule has 0 atom stereocenters. The highest BCUT2D eigenvalue weighted by Gasteiger charge is 2.17. The highest BCUT2D eigenvalue weighted by atomic mass is 79.9. The van der Waals surface area contributed by atoms with Crippen LogP contribution in [0.4, 0.5) is 8.78 Å². The topological polar surface area (TPSA) is 36.7 Å². The summed E-state index contributed by atoms with van der Waals surface area (Å²) < 4.78 is 25.7. The lowest BCUT2D eigenvalue weighted by Crippen LogP contribution is -2.02. The maximum atomic E-state index is 12.7. The third-order valence-electron chi connectivity index (χ3n) is 1.83. The first-order chi connectivity index (χ1) is 7.10. The van der Waals surface area contributed by atoms with Gasteiger partial charge in [0.1, 0.15) is 4.60 Å². The van der Waals surface area contributed by atoms with Gasteiger partial charge in [0.05, 0.1) is 18.2 Å². The lowest BCUT2D eigenvalue weighted by molar-refractivity contribution is 0.150. The fourth-order valence-corrected chi connectivity index (χ4v) is 2.29. The number of alkyl halides is 3. The minimum Gasteiger partial charge on any atom is -0.245 e. The van der Waals surface area contributed by atoms with Crippen LogP contribution in [0.15, 0.2) is 10.7 Å². The van der Waals surface area contributed by atoms with E-state index in [1.165, 1.54) is 6.07 Å². The molecule has 0 spiro atoms. The zero-order chi connectivity index (χ0) is 11.4. The summed E-state index contributed by atoms with van der Waals surface area (Å²) in [7, 11) is 0. The molecule has 0 radical (unpaired) electrons. The van der Waals surface area contributed by atoms with E-state index in [4.69, 9.17) is 5.26 Å². The van der Waals surface area contributed by atoms with Crippen LogP contribution in [-0.4, -0.2) is 4.98 Å². The van der Waals surface area contributed by atoms with E-state index in [1.807, 2.05) is 6.07 Å². The molecule has 0 aliphatic carbocycles. The van der Waals surface area contributed by atoms with Gasteiger partial charge in [0.15, 0.2) is 0 Å². The van der Waals surface area contributed by atoms with E-state index in [0.717, 1.165) is 0 Å². The van der Waals surface area contributed by atoms with Crippen molar-refractivity contribution in [2.24, 2.45) is 0 Å². The van der Waals surface area contributed by atoms with Crippen molar-refractivity contribution in [1.82, 2.24) is 4.98 Å². The summed E-state index contributed by atoms with van der Waals surface area (Å²) in [4.78, 5) is 4.01. The molecule has 0 aliphatic heterocycles. The molecule has 0 aromatic carbocycles. The summed E-state index contributed by atoms with van der Waals surface area (Å²) in [6, 6.07) is 3.18. The summed E-state index contributed by atoms with van der Waals surface area (Å²) in [6.07, 6.45) is -2.53. The standard InChI is InChI=1S/C9H6Br2F2N2/c10-4-6-5(9(12)13)3-8(11)15-7(6)1-2-14/h3,9H,1,4H2. The van der Waals surface area contributed by atoms with E-state index in [9.17, 15) is 8.78 Å². The van der Waals surface area contributed by atoms with Crippen molar-refractivity contribution in [3.05, 3.63) is 27.5 Å². The number of hydrogen-bond donors (Lipinski definition) is 0. The molecule has 0 unspecified atom stereocenters. The highest BCUT2D eigenvalue weighted by molar-refractivity contribution is 9.10. The van der Waals surface area contributed by atoms with Crippen LogP contribution in [0.5, 0.6) is 0 Å². The molecule has 1 rings (SSSR count). The summed E-state index contributed by atoms with van der Waals surface area (Å²) in [5.74, 6) is 0. The maximum absolute atomic E-state index is 12.7. The average Bonchev–Trinajstić information content (AvgIpc) is 2.17. The van der Waals surface area contributed by atoms with Gasteiger partial charge in [-0.3, -0.25) is 0 Å². The molecule has 0 N–H and O–H groups in total. The van der Waals surface area contributed by atoms with Gasteiger partial charge in [-0.1, -0.05) is 15.9 Å². The normalized spacial score (nSPS) is 10.4. The number of halogens is 4. The van der Waals surface area contributed by atoms with Gasteiger partial charge >= 0.3 is 0 Å². The van der Waals surface area contributed by atoms with Crippen molar-refractivity contribution in [3.8, 4) is 6.07 Å². The zero-order valence-electron chi connectivity index (χ0n) is 7.48. The van der Waals surface area contributed by atoms with E-state index in [1.54, 1.807) is 0 Å². The predicted octanol–water partition coefficient (Wildman–Crippen LogP) is 3.74. The van der Waals surface area contributed by atoms with Crippen LogP contribution in [0.1, 0.15) is 23.2 Å². The van der Waals surface area contributed by atoms with Gasteiger partial charge in [-0.05, 0) is 27.6 Å². The Kier molecular flexibility index (Phi) is 4.61. The van der Waals surface area contributed by atoms with Gasteiger partial charge in [-0.25, -0.2) is 13.8 Å². The highest BCUT2D eigenvalue weighted by Crippen LogP contribution is 2.29. The molecule has 1 aromatic rings. The minimum absolute atomic E-state index is 0.0279. The quantitative estimate of drug-likeness (QED) is 0.621. The van der Waals surface area contributed by atoms with Crippen LogP contribution in [0, 0.1) is 11.3 Å². The van der Waals surface area contributed by atoms with E-state index in [-0.39, 0.29) is 17.3 Å². The smallest absolute Gasteiger partial charge is 0.245 e. The summed E-state index contributed by atoms with van der Waals surface area (Å²) in [5.41, 5.74) is 0.702. The molecule has 0 saturated carbocycles. The fraction of sp³-hybridized carbons (Fsp3) is 0.333. The molecule has 15 heavy (non-hydrogen) atoms. The molecular formula is C9H6Br2F2N2. The van der Waals surface area contributed by atoms with Crippen LogP contribution in [-0.2, 0) is 11.8 Å². The molecule has 0 aliphatic rings. The van der Waals surface area contributed by atoms with Crippen LogP contribution < -0.4 is 0 Å². The van der Waals surface area contributed by atoms with Crippen molar-refractivity contribution in [3.63, 3.8) is 0 Å². The molecule has 0 bridgehead atoms. The van der Waals surface area contributed by atoms with Gasteiger partial charge in [0.2, 0.25) is 0 Å². The first-order valence-corrected chi connectivity index (χ1v) is 5.90. The van der Waals surface area contributed by atoms with Gasteiger partial charge in [0, 0.05) is 10.9 Å². The SMILES string of the molecule is N#CCc1nc(Br)cc(C(F)F)c1CBr. The van der Waals surface area contributed by atoms with E-state index in [2.05, 4.69) is 36.8 Å². The largest absolute Gasteiger partial charge is 0.264 e. The molecule has 0 amide bonds. The predicted molar refractivity (Wildman–Crippen MR) is 58.8 cm³/mol.